The van der Waals surface area contributed by atoms with E-state index in [2.05, 4.69) is 4.98 Å². The standard InChI is InChI=1S/C12H10FN3/c1-9-15-5-6-16(9)8-10-3-2-4-12(13)11(10)7-14/h2-6H,8H2,1H3. The highest BCUT2D eigenvalue weighted by atomic mass is 19.1. The molecule has 0 aliphatic carbocycles. The second-order valence-electron chi connectivity index (χ2n) is 3.49. The predicted molar refractivity (Wildman–Crippen MR) is 57.2 cm³/mol. The van der Waals surface area contributed by atoms with E-state index >= 15 is 0 Å². The molecule has 0 aliphatic rings. The van der Waals surface area contributed by atoms with Gasteiger partial charge in [0.25, 0.3) is 0 Å². The fraction of sp³-hybridized carbons (Fsp3) is 0.167. The molecular weight excluding hydrogens is 205 g/mol. The summed E-state index contributed by atoms with van der Waals surface area (Å²) in [6, 6.07) is 6.54. The van der Waals surface area contributed by atoms with Gasteiger partial charge in [-0.2, -0.15) is 5.26 Å². The fourth-order valence-corrected chi connectivity index (χ4v) is 1.58. The molecule has 1 aromatic carbocycles. The van der Waals surface area contributed by atoms with Gasteiger partial charge in [-0.25, -0.2) is 9.37 Å². The van der Waals surface area contributed by atoms with Crippen molar-refractivity contribution in [2.24, 2.45) is 0 Å². The SMILES string of the molecule is Cc1nccn1Cc1cccc(F)c1C#N. The molecule has 0 spiro atoms. The largest absolute Gasteiger partial charge is 0.331 e. The second-order valence-corrected chi connectivity index (χ2v) is 3.49. The number of nitriles is 1. The number of hydrogen-bond acceptors (Lipinski definition) is 2. The number of aromatic nitrogens is 2. The minimum Gasteiger partial charge on any atom is -0.331 e. The van der Waals surface area contributed by atoms with E-state index in [0.29, 0.717) is 12.1 Å². The molecule has 0 amide bonds. The molecule has 0 saturated carbocycles. The van der Waals surface area contributed by atoms with Gasteiger partial charge in [-0.15, -0.1) is 0 Å². The zero-order chi connectivity index (χ0) is 11.5. The molecule has 1 heterocycles. The summed E-state index contributed by atoms with van der Waals surface area (Å²) in [4.78, 5) is 4.08. The molecule has 0 fully saturated rings. The Morgan fingerprint density at radius 1 is 1.50 bits per heavy atom. The maximum Gasteiger partial charge on any atom is 0.141 e. The van der Waals surface area contributed by atoms with Crippen LogP contribution in [0.2, 0.25) is 0 Å². The van der Waals surface area contributed by atoms with Crippen molar-refractivity contribution in [3.05, 3.63) is 53.4 Å². The molecular formula is C12H10FN3. The maximum atomic E-state index is 13.3. The van der Waals surface area contributed by atoms with Crippen LogP contribution in [0.3, 0.4) is 0 Å². The number of halogens is 1. The normalized spacial score (nSPS) is 10.1. The average Bonchev–Trinajstić information content (AvgIpc) is 2.65. The topological polar surface area (TPSA) is 41.6 Å². The third-order valence-corrected chi connectivity index (χ3v) is 2.48. The van der Waals surface area contributed by atoms with E-state index in [-0.39, 0.29) is 5.56 Å². The Labute approximate surface area is 92.8 Å². The Hall–Kier alpha value is -2.15. The highest BCUT2D eigenvalue weighted by molar-refractivity contribution is 5.38. The zero-order valence-electron chi connectivity index (χ0n) is 8.81. The van der Waals surface area contributed by atoms with Crippen molar-refractivity contribution in [2.45, 2.75) is 13.5 Å². The minimum atomic E-state index is -0.474. The molecule has 0 bridgehead atoms. The number of imidazole rings is 1. The van der Waals surface area contributed by atoms with E-state index in [4.69, 9.17) is 5.26 Å². The van der Waals surface area contributed by atoms with E-state index < -0.39 is 5.82 Å². The molecule has 4 heteroatoms. The Bertz CT molecular complexity index is 552. The van der Waals surface area contributed by atoms with E-state index in [9.17, 15) is 4.39 Å². The van der Waals surface area contributed by atoms with E-state index in [1.54, 1.807) is 24.5 Å². The molecule has 0 aliphatic heterocycles. The Balaban J connectivity index is 2.40. The number of hydrogen-bond donors (Lipinski definition) is 0. The van der Waals surface area contributed by atoms with E-state index in [0.717, 1.165) is 5.82 Å². The Kier molecular flexibility index (Phi) is 2.69. The minimum absolute atomic E-state index is 0.107. The van der Waals surface area contributed by atoms with Gasteiger partial charge in [0.15, 0.2) is 0 Å². The lowest BCUT2D eigenvalue weighted by Crippen LogP contribution is -2.03. The van der Waals surface area contributed by atoms with Gasteiger partial charge in [0.2, 0.25) is 0 Å². The van der Waals surface area contributed by atoms with Crippen molar-refractivity contribution in [2.75, 3.05) is 0 Å². The van der Waals surface area contributed by atoms with Gasteiger partial charge < -0.3 is 4.57 Å². The van der Waals surface area contributed by atoms with Crippen LogP contribution in [0.15, 0.2) is 30.6 Å². The molecule has 0 saturated heterocycles. The summed E-state index contributed by atoms with van der Waals surface area (Å²) in [5.74, 6) is 0.367. The van der Waals surface area contributed by atoms with Crippen molar-refractivity contribution in [1.82, 2.24) is 9.55 Å². The summed E-state index contributed by atoms with van der Waals surface area (Å²) in [6.45, 7) is 2.33. The van der Waals surface area contributed by atoms with Gasteiger partial charge in [-0.1, -0.05) is 12.1 Å². The van der Waals surface area contributed by atoms with Gasteiger partial charge in [0.1, 0.15) is 17.7 Å². The van der Waals surface area contributed by atoms with Gasteiger partial charge in [-0.05, 0) is 18.6 Å². The molecule has 3 nitrogen and oxygen atoms in total. The molecule has 0 N–H and O–H groups in total. The summed E-state index contributed by atoms with van der Waals surface area (Å²) in [5, 5.41) is 8.88. The molecule has 2 rings (SSSR count). The van der Waals surface area contributed by atoms with E-state index in [1.807, 2.05) is 17.6 Å². The summed E-state index contributed by atoms with van der Waals surface area (Å²) in [6.07, 6.45) is 3.49. The molecule has 0 radical (unpaired) electrons. The van der Waals surface area contributed by atoms with Gasteiger partial charge in [-0.3, -0.25) is 0 Å². The van der Waals surface area contributed by atoms with Gasteiger partial charge in [0, 0.05) is 12.4 Å². The first kappa shape index (κ1) is 10.4. The maximum absolute atomic E-state index is 13.3. The van der Waals surface area contributed by atoms with Crippen LogP contribution in [0.1, 0.15) is 17.0 Å². The summed E-state index contributed by atoms with van der Waals surface area (Å²) in [7, 11) is 0. The van der Waals surface area contributed by atoms with Crippen LogP contribution in [0.4, 0.5) is 4.39 Å². The Morgan fingerprint density at radius 3 is 2.94 bits per heavy atom. The molecule has 16 heavy (non-hydrogen) atoms. The van der Waals surface area contributed by atoms with E-state index in [1.165, 1.54) is 6.07 Å². The number of benzene rings is 1. The highest BCUT2D eigenvalue weighted by Gasteiger charge is 2.08. The molecule has 80 valence electrons. The van der Waals surface area contributed by atoms with Crippen LogP contribution in [0.25, 0.3) is 0 Å². The smallest absolute Gasteiger partial charge is 0.141 e. The summed E-state index contributed by atoms with van der Waals surface area (Å²) >= 11 is 0. The first-order chi connectivity index (χ1) is 7.72. The van der Waals surface area contributed by atoms with Crippen LogP contribution in [0.5, 0.6) is 0 Å². The second kappa shape index (κ2) is 4.15. The van der Waals surface area contributed by atoms with Crippen LogP contribution in [-0.2, 0) is 6.54 Å². The van der Waals surface area contributed by atoms with Gasteiger partial charge in [0.05, 0.1) is 12.1 Å². The number of nitrogens with zero attached hydrogens (tertiary/aromatic N) is 3. The first-order valence-corrected chi connectivity index (χ1v) is 4.87. The highest BCUT2D eigenvalue weighted by Crippen LogP contribution is 2.14. The molecule has 0 atom stereocenters. The summed E-state index contributed by atoms with van der Waals surface area (Å²) < 4.78 is 15.2. The molecule has 2 aromatic rings. The fourth-order valence-electron chi connectivity index (χ4n) is 1.58. The molecule has 1 aromatic heterocycles. The quantitative estimate of drug-likeness (QED) is 0.771. The number of rotatable bonds is 2. The van der Waals surface area contributed by atoms with Crippen molar-refractivity contribution in [3.8, 4) is 6.07 Å². The average molecular weight is 215 g/mol. The van der Waals surface area contributed by atoms with Crippen molar-refractivity contribution in [1.29, 1.82) is 5.26 Å². The third-order valence-electron chi connectivity index (χ3n) is 2.48. The van der Waals surface area contributed by atoms with Crippen molar-refractivity contribution in [3.63, 3.8) is 0 Å². The monoisotopic (exact) mass is 215 g/mol. The van der Waals surface area contributed by atoms with Crippen LogP contribution in [-0.4, -0.2) is 9.55 Å². The lowest BCUT2D eigenvalue weighted by atomic mass is 10.1. The van der Waals surface area contributed by atoms with Crippen LogP contribution in [0, 0.1) is 24.1 Å². The first-order valence-electron chi connectivity index (χ1n) is 4.87. The lowest BCUT2D eigenvalue weighted by molar-refractivity contribution is 0.618. The van der Waals surface area contributed by atoms with Crippen molar-refractivity contribution >= 4 is 0 Å². The third kappa shape index (κ3) is 1.80. The Morgan fingerprint density at radius 2 is 2.31 bits per heavy atom. The summed E-state index contributed by atoms with van der Waals surface area (Å²) in [5.41, 5.74) is 0.777. The zero-order valence-corrected chi connectivity index (χ0v) is 8.81. The van der Waals surface area contributed by atoms with Gasteiger partial charge >= 0.3 is 0 Å². The van der Waals surface area contributed by atoms with Crippen LogP contribution >= 0.6 is 0 Å². The number of aryl methyl sites for hydroxylation is 1. The van der Waals surface area contributed by atoms with Crippen molar-refractivity contribution < 1.29 is 4.39 Å². The molecule has 0 unspecified atom stereocenters. The predicted octanol–water partition coefficient (Wildman–Crippen LogP) is 2.25. The van der Waals surface area contributed by atoms with Crippen LogP contribution < -0.4 is 0 Å². The lowest BCUT2D eigenvalue weighted by Gasteiger charge is -2.07.